The van der Waals surface area contributed by atoms with E-state index in [0.29, 0.717) is 6.54 Å². The Hall–Kier alpha value is -0.483. The molecule has 0 aliphatic carbocycles. The molecule has 0 atom stereocenters. The maximum absolute atomic E-state index is 9.89. The first-order valence-corrected chi connectivity index (χ1v) is 9.29. The van der Waals surface area contributed by atoms with Crippen LogP contribution >= 0.6 is 0 Å². The predicted octanol–water partition coefficient (Wildman–Crippen LogP) is 3.42. The standard InChI is InChI=1S/C13H27NO3Si/c1-4-16-18(6-3,17-5-2)12-10-8-7-9-11-14-13-15/h4-12H2,1-3H3. The van der Waals surface area contributed by atoms with E-state index in [9.17, 15) is 4.79 Å². The van der Waals surface area contributed by atoms with Gasteiger partial charge >= 0.3 is 8.56 Å². The quantitative estimate of drug-likeness (QED) is 0.237. The topological polar surface area (TPSA) is 47.9 Å². The van der Waals surface area contributed by atoms with E-state index >= 15 is 0 Å². The molecule has 0 amide bonds. The smallest absolute Gasteiger partial charge is 0.337 e. The maximum atomic E-state index is 9.89. The number of aliphatic imine (C=N–C) groups is 1. The number of isocyanates is 1. The van der Waals surface area contributed by atoms with Gasteiger partial charge in [0.2, 0.25) is 6.08 Å². The highest BCUT2D eigenvalue weighted by Gasteiger charge is 2.33. The Bertz CT molecular complexity index is 236. The SMILES string of the molecule is CCO[Si](CC)(CCCCCCN=C=O)OCC. The second-order valence-electron chi connectivity index (χ2n) is 4.27. The predicted molar refractivity (Wildman–Crippen MR) is 75.8 cm³/mol. The number of nitrogens with zero attached hydrogens (tertiary/aromatic N) is 1. The third-order valence-corrected chi connectivity index (χ3v) is 6.82. The van der Waals surface area contributed by atoms with E-state index in [1.54, 1.807) is 6.08 Å². The van der Waals surface area contributed by atoms with Crippen LogP contribution in [-0.4, -0.2) is 34.4 Å². The van der Waals surface area contributed by atoms with Gasteiger partial charge in [-0.3, -0.25) is 0 Å². The average Bonchev–Trinajstić information content (AvgIpc) is 2.38. The van der Waals surface area contributed by atoms with E-state index in [1.165, 1.54) is 0 Å². The van der Waals surface area contributed by atoms with E-state index in [2.05, 4.69) is 11.9 Å². The van der Waals surface area contributed by atoms with Crippen molar-refractivity contribution in [3.8, 4) is 0 Å². The maximum Gasteiger partial charge on any atom is 0.337 e. The summed E-state index contributed by atoms with van der Waals surface area (Å²) in [6, 6.07) is 2.09. The van der Waals surface area contributed by atoms with Crippen molar-refractivity contribution in [2.75, 3.05) is 19.8 Å². The minimum Gasteiger partial charge on any atom is -0.394 e. The molecule has 4 nitrogen and oxygen atoms in total. The van der Waals surface area contributed by atoms with Crippen molar-refractivity contribution < 1.29 is 13.6 Å². The van der Waals surface area contributed by atoms with Gasteiger partial charge in [-0.25, -0.2) is 9.79 Å². The van der Waals surface area contributed by atoms with Crippen LogP contribution in [0.4, 0.5) is 0 Å². The highest BCUT2D eigenvalue weighted by molar-refractivity contribution is 6.67. The van der Waals surface area contributed by atoms with Gasteiger partial charge in [0.15, 0.2) is 0 Å². The molecule has 0 unspecified atom stereocenters. The monoisotopic (exact) mass is 273 g/mol. The Kier molecular flexibility index (Phi) is 11.3. The number of rotatable bonds is 12. The van der Waals surface area contributed by atoms with Crippen molar-refractivity contribution in [2.24, 2.45) is 4.99 Å². The van der Waals surface area contributed by atoms with Crippen LogP contribution in [0.1, 0.15) is 46.5 Å². The van der Waals surface area contributed by atoms with Crippen molar-refractivity contribution in [1.82, 2.24) is 0 Å². The fraction of sp³-hybridized carbons (Fsp3) is 0.923. The third kappa shape index (κ3) is 7.77. The molecule has 0 heterocycles. The molecule has 0 radical (unpaired) electrons. The zero-order valence-corrected chi connectivity index (χ0v) is 13.0. The lowest BCUT2D eigenvalue weighted by atomic mass is 10.2. The first kappa shape index (κ1) is 17.5. The summed E-state index contributed by atoms with van der Waals surface area (Å²) in [6.45, 7) is 8.33. The highest BCUT2D eigenvalue weighted by Crippen LogP contribution is 2.22. The second-order valence-corrected chi connectivity index (χ2v) is 7.87. The first-order chi connectivity index (χ1) is 8.74. The van der Waals surface area contributed by atoms with E-state index < -0.39 is 8.56 Å². The summed E-state index contributed by atoms with van der Waals surface area (Å²) < 4.78 is 11.8. The van der Waals surface area contributed by atoms with Gasteiger partial charge in [0.1, 0.15) is 0 Å². The van der Waals surface area contributed by atoms with Gasteiger partial charge in [0.25, 0.3) is 0 Å². The van der Waals surface area contributed by atoms with Crippen LogP contribution in [0.25, 0.3) is 0 Å². The normalized spacial score (nSPS) is 11.3. The summed E-state index contributed by atoms with van der Waals surface area (Å²) in [6.07, 6.45) is 5.95. The summed E-state index contributed by atoms with van der Waals surface area (Å²) in [4.78, 5) is 13.4. The molecule has 0 aromatic carbocycles. The molecule has 18 heavy (non-hydrogen) atoms. The highest BCUT2D eigenvalue weighted by atomic mass is 28.4. The van der Waals surface area contributed by atoms with Gasteiger partial charge in [0.05, 0.1) is 6.54 Å². The summed E-state index contributed by atoms with van der Waals surface area (Å²) in [7, 11) is -1.93. The van der Waals surface area contributed by atoms with Crippen LogP contribution in [0.3, 0.4) is 0 Å². The van der Waals surface area contributed by atoms with Crippen LogP contribution in [0, 0.1) is 0 Å². The lowest BCUT2D eigenvalue weighted by Crippen LogP contribution is -2.41. The van der Waals surface area contributed by atoms with Crippen molar-refractivity contribution in [1.29, 1.82) is 0 Å². The molecule has 106 valence electrons. The van der Waals surface area contributed by atoms with Crippen LogP contribution in [-0.2, 0) is 13.6 Å². The Morgan fingerprint density at radius 1 is 1.00 bits per heavy atom. The number of carbonyl (C=O) groups excluding carboxylic acids is 1. The fourth-order valence-corrected chi connectivity index (χ4v) is 5.05. The summed E-state index contributed by atoms with van der Waals surface area (Å²) >= 11 is 0. The molecule has 0 saturated carbocycles. The lowest BCUT2D eigenvalue weighted by molar-refractivity contribution is 0.182. The minimum atomic E-state index is -1.93. The van der Waals surface area contributed by atoms with E-state index in [4.69, 9.17) is 8.85 Å². The molecule has 0 aromatic heterocycles. The minimum absolute atomic E-state index is 0.608. The molecule has 0 N–H and O–H groups in total. The Balaban J connectivity index is 3.84. The zero-order chi connectivity index (χ0) is 13.7. The molecule has 0 spiro atoms. The lowest BCUT2D eigenvalue weighted by Gasteiger charge is -2.28. The number of hydrogen-bond acceptors (Lipinski definition) is 4. The van der Waals surface area contributed by atoms with Gasteiger partial charge in [-0.05, 0) is 32.4 Å². The van der Waals surface area contributed by atoms with Crippen molar-refractivity contribution in [3.63, 3.8) is 0 Å². The van der Waals surface area contributed by atoms with Crippen molar-refractivity contribution in [3.05, 3.63) is 0 Å². The summed E-state index contributed by atoms with van der Waals surface area (Å²) in [5.41, 5.74) is 0. The van der Waals surface area contributed by atoms with E-state index in [-0.39, 0.29) is 0 Å². The molecule has 0 rings (SSSR count). The Morgan fingerprint density at radius 2 is 1.61 bits per heavy atom. The van der Waals surface area contributed by atoms with Crippen LogP contribution < -0.4 is 0 Å². The first-order valence-electron chi connectivity index (χ1n) is 7.06. The zero-order valence-electron chi connectivity index (χ0n) is 12.0. The average molecular weight is 273 g/mol. The summed E-state index contributed by atoms with van der Waals surface area (Å²) in [5, 5.41) is 0. The Labute approximate surface area is 112 Å². The molecular formula is C13H27NO3Si. The molecule has 0 saturated heterocycles. The van der Waals surface area contributed by atoms with Crippen LogP contribution in [0.2, 0.25) is 12.1 Å². The number of hydrogen-bond donors (Lipinski definition) is 0. The molecular weight excluding hydrogens is 246 g/mol. The van der Waals surface area contributed by atoms with E-state index in [1.807, 2.05) is 13.8 Å². The molecule has 0 aromatic rings. The largest absolute Gasteiger partial charge is 0.394 e. The van der Waals surface area contributed by atoms with Crippen LogP contribution in [0.5, 0.6) is 0 Å². The third-order valence-electron chi connectivity index (χ3n) is 3.00. The molecule has 0 aliphatic heterocycles. The Morgan fingerprint density at radius 3 is 2.11 bits per heavy atom. The van der Waals surface area contributed by atoms with Crippen molar-refractivity contribution >= 4 is 14.6 Å². The fourth-order valence-electron chi connectivity index (χ4n) is 2.08. The second kappa shape index (κ2) is 11.6. The van der Waals surface area contributed by atoms with Gasteiger partial charge in [0, 0.05) is 13.2 Å². The molecule has 5 heteroatoms. The molecule has 0 bridgehead atoms. The van der Waals surface area contributed by atoms with Gasteiger partial charge < -0.3 is 8.85 Å². The van der Waals surface area contributed by atoms with Crippen molar-refractivity contribution in [2.45, 2.75) is 58.5 Å². The van der Waals surface area contributed by atoms with E-state index in [0.717, 1.165) is 51.0 Å². The molecule has 0 aliphatic rings. The molecule has 0 fully saturated rings. The summed E-state index contributed by atoms with van der Waals surface area (Å²) in [5.74, 6) is 0. The van der Waals surface area contributed by atoms with Crippen LogP contribution in [0.15, 0.2) is 4.99 Å². The van der Waals surface area contributed by atoms with Gasteiger partial charge in [-0.2, -0.15) is 0 Å². The van der Waals surface area contributed by atoms with Gasteiger partial charge in [-0.1, -0.05) is 26.2 Å². The van der Waals surface area contributed by atoms with Gasteiger partial charge in [-0.15, -0.1) is 0 Å². The number of unbranched alkanes of at least 4 members (excludes halogenated alkanes) is 3.